The Labute approximate surface area is 161 Å². The number of hydrogen-bond acceptors (Lipinski definition) is 3. The van der Waals surface area contributed by atoms with Gasteiger partial charge in [-0.2, -0.15) is 11.3 Å². The van der Waals surface area contributed by atoms with Crippen LogP contribution >= 0.6 is 11.3 Å². The third-order valence-corrected chi connectivity index (χ3v) is 5.82. The quantitative estimate of drug-likeness (QED) is 0.497. The van der Waals surface area contributed by atoms with Crippen molar-refractivity contribution in [2.45, 2.75) is 13.0 Å². The summed E-state index contributed by atoms with van der Waals surface area (Å²) in [6.07, 6.45) is 0.762. The Bertz CT molecular complexity index is 1130. The number of carbonyl (C=O) groups excluding carboxylic acids is 1. The van der Waals surface area contributed by atoms with E-state index in [1.165, 1.54) is 0 Å². The number of nitrogens with zero attached hydrogens (tertiary/aromatic N) is 2. The van der Waals surface area contributed by atoms with Crippen LogP contribution in [0.4, 0.5) is 0 Å². The van der Waals surface area contributed by atoms with Gasteiger partial charge in [0.1, 0.15) is 0 Å². The molecule has 132 valence electrons. The van der Waals surface area contributed by atoms with Crippen molar-refractivity contribution in [1.82, 2.24) is 9.88 Å². The molecule has 0 atom stereocenters. The van der Waals surface area contributed by atoms with Gasteiger partial charge in [-0.3, -0.25) is 9.78 Å². The molecule has 27 heavy (non-hydrogen) atoms. The highest BCUT2D eigenvalue weighted by Crippen LogP contribution is 2.33. The molecule has 0 N–H and O–H groups in total. The number of hydrogen-bond donors (Lipinski definition) is 0. The van der Waals surface area contributed by atoms with Crippen LogP contribution in [0.5, 0.6) is 0 Å². The molecule has 5 rings (SSSR count). The summed E-state index contributed by atoms with van der Waals surface area (Å²) in [7, 11) is 0. The van der Waals surface area contributed by atoms with Gasteiger partial charge in [0.05, 0.1) is 11.1 Å². The molecule has 2 aromatic heterocycles. The largest absolute Gasteiger partial charge is 0.334 e. The molecule has 1 aliphatic heterocycles. The molecule has 3 nitrogen and oxygen atoms in total. The van der Waals surface area contributed by atoms with Gasteiger partial charge in [-0.05, 0) is 45.6 Å². The normalized spacial score (nSPS) is 13.3. The van der Waals surface area contributed by atoms with E-state index in [0.29, 0.717) is 13.1 Å². The Morgan fingerprint density at radius 2 is 1.93 bits per heavy atom. The van der Waals surface area contributed by atoms with Crippen LogP contribution in [-0.4, -0.2) is 22.3 Å². The Kier molecular flexibility index (Phi) is 3.98. The molecule has 4 aromatic rings. The van der Waals surface area contributed by atoms with Gasteiger partial charge in [-0.1, -0.05) is 42.5 Å². The highest BCUT2D eigenvalue weighted by Gasteiger charge is 2.29. The maximum atomic E-state index is 13.1. The summed E-state index contributed by atoms with van der Waals surface area (Å²) >= 11 is 1.66. The van der Waals surface area contributed by atoms with Crippen molar-refractivity contribution in [3.8, 4) is 11.1 Å². The second-order valence-electron chi connectivity index (χ2n) is 6.82. The van der Waals surface area contributed by atoms with E-state index in [4.69, 9.17) is 4.98 Å². The number of rotatable bonds is 4. The van der Waals surface area contributed by atoms with Crippen LogP contribution in [0.25, 0.3) is 22.0 Å². The predicted molar refractivity (Wildman–Crippen MR) is 110 cm³/mol. The number of pyridine rings is 1. The molecule has 0 saturated heterocycles. The summed E-state index contributed by atoms with van der Waals surface area (Å²) in [5.74, 6) is 0.132. The Balaban J connectivity index is 1.37. The summed E-state index contributed by atoms with van der Waals surface area (Å²) in [5.41, 5.74) is 6.19. The summed E-state index contributed by atoms with van der Waals surface area (Å²) < 4.78 is 0. The first-order valence-electron chi connectivity index (χ1n) is 9.08. The fourth-order valence-electron chi connectivity index (χ4n) is 3.76. The number of thiophene rings is 1. The Morgan fingerprint density at radius 1 is 1.00 bits per heavy atom. The summed E-state index contributed by atoms with van der Waals surface area (Å²) in [5, 5.41) is 5.30. The minimum atomic E-state index is 0.132. The zero-order valence-corrected chi connectivity index (χ0v) is 15.6. The van der Waals surface area contributed by atoms with E-state index in [1.54, 1.807) is 11.3 Å². The minimum Gasteiger partial charge on any atom is -0.334 e. The van der Waals surface area contributed by atoms with Gasteiger partial charge < -0.3 is 4.90 Å². The fraction of sp³-hybridized carbons (Fsp3) is 0.130. The highest BCUT2D eigenvalue weighted by molar-refractivity contribution is 7.08. The number of benzene rings is 2. The lowest BCUT2D eigenvalue weighted by Crippen LogP contribution is -2.26. The first-order valence-corrected chi connectivity index (χ1v) is 10.0. The molecule has 4 heteroatoms. The SMILES string of the molecule is O=C1c2c(cccc2-c2ccsc2)CN1CCc1ccc2ccccc2n1. The summed E-state index contributed by atoms with van der Waals surface area (Å²) in [6, 6.07) is 20.5. The average Bonchev–Trinajstić information content (AvgIpc) is 3.35. The Hall–Kier alpha value is -2.98. The van der Waals surface area contributed by atoms with Crippen molar-refractivity contribution in [3.63, 3.8) is 0 Å². The van der Waals surface area contributed by atoms with E-state index >= 15 is 0 Å². The second-order valence-corrected chi connectivity index (χ2v) is 7.60. The zero-order valence-electron chi connectivity index (χ0n) is 14.8. The number of fused-ring (bicyclic) bond motifs is 2. The van der Waals surface area contributed by atoms with Crippen molar-refractivity contribution in [3.05, 3.63) is 88.2 Å². The van der Waals surface area contributed by atoms with E-state index in [-0.39, 0.29) is 5.91 Å². The van der Waals surface area contributed by atoms with Crippen LogP contribution < -0.4 is 0 Å². The predicted octanol–water partition coefficient (Wildman–Crippen LogP) is 5.16. The summed E-state index contributed by atoms with van der Waals surface area (Å²) in [6.45, 7) is 1.36. The number of para-hydroxylation sites is 1. The molecule has 0 spiro atoms. The minimum absolute atomic E-state index is 0.132. The molecular weight excluding hydrogens is 352 g/mol. The van der Waals surface area contributed by atoms with Gasteiger partial charge >= 0.3 is 0 Å². The average molecular weight is 370 g/mol. The number of amides is 1. The van der Waals surface area contributed by atoms with Gasteiger partial charge in [0.2, 0.25) is 0 Å². The third kappa shape index (κ3) is 2.92. The van der Waals surface area contributed by atoms with Gasteiger partial charge in [-0.15, -0.1) is 0 Å². The molecule has 1 amide bonds. The van der Waals surface area contributed by atoms with Crippen molar-refractivity contribution >= 4 is 28.1 Å². The molecule has 2 aromatic carbocycles. The monoisotopic (exact) mass is 370 g/mol. The van der Waals surface area contributed by atoms with Crippen LogP contribution in [0.3, 0.4) is 0 Å². The third-order valence-electron chi connectivity index (χ3n) is 5.14. The molecule has 0 unspecified atom stereocenters. The van der Waals surface area contributed by atoms with Crippen molar-refractivity contribution < 1.29 is 4.79 Å². The molecule has 3 heterocycles. The molecule has 0 saturated carbocycles. The van der Waals surface area contributed by atoms with E-state index in [2.05, 4.69) is 41.1 Å². The van der Waals surface area contributed by atoms with Crippen molar-refractivity contribution in [1.29, 1.82) is 0 Å². The van der Waals surface area contributed by atoms with Crippen LogP contribution in [0.2, 0.25) is 0 Å². The lowest BCUT2D eigenvalue weighted by Gasteiger charge is -2.15. The van der Waals surface area contributed by atoms with Crippen LogP contribution in [0, 0.1) is 0 Å². The maximum Gasteiger partial charge on any atom is 0.255 e. The van der Waals surface area contributed by atoms with E-state index in [9.17, 15) is 4.79 Å². The fourth-order valence-corrected chi connectivity index (χ4v) is 4.41. The first kappa shape index (κ1) is 16.2. The number of carbonyl (C=O) groups is 1. The lowest BCUT2D eigenvalue weighted by molar-refractivity contribution is 0.0780. The van der Waals surface area contributed by atoms with Crippen molar-refractivity contribution in [2.75, 3.05) is 6.54 Å². The smallest absolute Gasteiger partial charge is 0.255 e. The topological polar surface area (TPSA) is 33.2 Å². The van der Waals surface area contributed by atoms with Crippen LogP contribution in [-0.2, 0) is 13.0 Å². The standard InChI is InChI=1S/C23H18N2OS/c26-23-22-17(5-3-6-20(22)18-11-13-27-15-18)14-25(23)12-10-19-9-8-16-4-1-2-7-21(16)24-19/h1-9,11,13,15H,10,12,14H2. The molecule has 1 aliphatic rings. The van der Waals surface area contributed by atoms with E-state index < -0.39 is 0 Å². The first-order chi connectivity index (χ1) is 13.3. The van der Waals surface area contributed by atoms with Gasteiger partial charge in [0.15, 0.2) is 0 Å². The molecule has 0 fully saturated rings. The zero-order chi connectivity index (χ0) is 18.2. The highest BCUT2D eigenvalue weighted by atomic mass is 32.1. The van der Waals surface area contributed by atoms with Gasteiger partial charge in [0.25, 0.3) is 5.91 Å². The van der Waals surface area contributed by atoms with Crippen LogP contribution in [0.15, 0.2) is 71.4 Å². The van der Waals surface area contributed by atoms with E-state index in [0.717, 1.165) is 45.3 Å². The molecule has 0 radical (unpaired) electrons. The van der Waals surface area contributed by atoms with Crippen molar-refractivity contribution in [2.24, 2.45) is 0 Å². The molecule has 0 bridgehead atoms. The maximum absolute atomic E-state index is 13.1. The molecule has 0 aliphatic carbocycles. The number of aromatic nitrogens is 1. The van der Waals surface area contributed by atoms with Gasteiger partial charge in [0, 0.05) is 30.6 Å². The van der Waals surface area contributed by atoms with E-state index in [1.807, 2.05) is 35.2 Å². The summed E-state index contributed by atoms with van der Waals surface area (Å²) in [4.78, 5) is 19.7. The lowest BCUT2D eigenvalue weighted by atomic mass is 9.99. The second kappa shape index (κ2) is 6.63. The van der Waals surface area contributed by atoms with Crippen LogP contribution in [0.1, 0.15) is 21.6 Å². The van der Waals surface area contributed by atoms with Gasteiger partial charge in [-0.25, -0.2) is 0 Å². The molecular formula is C23H18N2OS. The Morgan fingerprint density at radius 3 is 2.81 bits per heavy atom.